The maximum absolute atomic E-state index is 11.5. The average Bonchev–Trinajstić information content (AvgIpc) is 3.30. The van der Waals surface area contributed by atoms with Gasteiger partial charge in [0.1, 0.15) is 5.82 Å². The zero-order chi connectivity index (χ0) is 22.2. The molecule has 0 fully saturated rings. The number of carbonyl (C=O) groups is 1. The first-order chi connectivity index (χ1) is 15.5. The lowest BCUT2D eigenvalue weighted by atomic mass is 10.0. The summed E-state index contributed by atoms with van der Waals surface area (Å²) in [6, 6.07) is 20.6. The van der Waals surface area contributed by atoms with Gasteiger partial charge in [0.15, 0.2) is 0 Å². The quantitative estimate of drug-likeness (QED) is 0.439. The number of allylic oxidation sites excluding steroid dienone is 2. The number of fused-ring (bicyclic) bond motifs is 2. The molecule has 0 saturated carbocycles. The van der Waals surface area contributed by atoms with Crippen LogP contribution >= 0.6 is 0 Å². The van der Waals surface area contributed by atoms with Gasteiger partial charge in [0.2, 0.25) is 5.91 Å². The van der Waals surface area contributed by atoms with E-state index in [1.165, 1.54) is 29.2 Å². The van der Waals surface area contributed by atoms with E-state index >= 15 is 0 Å². The van der Waals surface area contributed by atoms with Crippen molar-refractivity contribution in [3.05, 3.63) is 94.8 Å². The fourth-order valence-electron chi connectivity index (χ4n) is 4.42. The number of carbonyl (C=O) groups excluding carboxylic acids is 1. The minimum atomic E-state index is -0.0889. The first-order valence-electron chi connectivity index (χ1n) is 10.9. The van der Waals surface area contributed by atoms with E-state index in [9.17, 15) is 4.79 Å². The molecule has 160 valence electrons. The van der Waals surface area contributed by atoms with E-state index in [-0.39, 0.29) is 5.91 Å². The van der Waals surface area contributed by atoms with Crippen molar-refractivity contribution in [2.45, 2.75) is 33.2 Å². The van der Waals surface area contributed by atoms with Crippen LogP contribution in [0.25, 0.3) is 16.6 Å². The topological polar surface area (TPSA) is 72.9 Å². The number of nitrogens with two attached hydrogens (primary N) is 1. The lowest BCUT2D eigenvalue weighted by molar-refractivity contribution is -0.114. The molecular formula is C27H26N4O. The molecule has 0 aliphatic heterocycles. The second kappa shape index (κ2) is 8.00. The van der Waals surface area contributed by atoms with E-state index < -0.39 is 0 Å². The largest absolute Gasteiger partial charge is 0.399 e. The van der Waals surface area contributed by atoms with Crippen LogP contribution in [0, 0.1) is 6.92 Å². The number of nitrogens with zero attached hydrogens (tertiary/aromatic N) is 2. The van der Waals surface area contributed by atoms with Crippen LogP contribution in [-0.2, 0) is 24.2 Å². The third-order valence-electron chi connectivity index (χ3n) is 6.00. The van der Waals surface area contributed by atoms with Crippen LogP contribution in [0.4, 0.5) is 11.4 Å². The Balaban J connectivity index is 1.57. The Labute approximate surface area is 187 Å². The molecule has 0 bridgehead atoms. The van der Waals surface area contributed by atoms with Crippen molar-refractivity contribution < 1.29 is 4.79 Å². The number of nitrogens with one attached hydrogen (secondary N) is 1. The van der Waals surface area contributed by atoms with Crippen molar-refractivity contribution in [1.29, 1.82) is 0 Å². The highest BCUT2D eigenvalue weighted by Crippen LogP contribution is 2.32. The molecule has 32 heavy (non-hydrogen) atoms. The van der Waals surface area contributed by atoms with Gasteiger partial charge >= 0.3 is 0 Å². The zero-order valence-corrected chi connectivity index (χ0v) is 18.4. The number of benzene rings is 3. The third kappa shape index (κ3) is 3.89. The van der Waals surface area contributed by atoms with Crippen LogP contribution in [-0.4, -0.2) is 15.5 Å². The van der Waals surface area contributed by atoms with Crippen molar-refractivity contribution in [2.24, 2.45) is 0 Å². The number of nitrogen functional groups attached to an aromatic ring is 1. The highest BCUT2D eigenvalue weighted by Gasteiger charge is 2.18. The highest BCUT2D eigenvalue weighted by atomic mass is 16.1. The van der Waals surface area contributed by atoms with Crippen molar-refractivity contribution in [3.8, 4) is 0 Å². The fraction of sp³-hybridized carbons (Fsp3) is 0.185. The number of hydrogen-bond acceptors (Lipinski definition) is 3. The number of imidazole rings is 1. The summed E-state index contributed by atoms with van der Waals surface area (Å²) in [7, 11) is 0. The van der Waals surface area contributed by atoms with Gasteiger partial charge in [0.05, 0.1) is 11.0 Å². The molecular weight excluding hydrogens is 396 g/mol. The van der Waals surface area contributed by atoms with Crippen LogP contribution in [0.5, 0.6) is 0 Å². The van der Waals surface area contributed by atoms with E-state index in [1.54, 1.807) is 0 Å². The van der Waals surface area contributed by atoms with Crippen LogP contribution in [0.3, 0.4) is 0 Å². The maximum atomic E-state index is 11.5. The van der Waals surface area contributed by atoms with E-state index in [4.69, 9.17) is 10.7 Å². The van der Waals surface area contributed by atoms with Crippen molar-refractivity contribution in [1.82, 2.24) is 9.55 Å². The maximum Gasteiger partial charge on any atom is 0.221 e. The summed E-state index contributed by atoms with van der Waals surface area (Å²) in [5.74, 6) is 0.903. The number of rotatable bonds is 5. The van der Waals surface area contributed by atoms with E-state index in [0.29, 0.717) is 6.42 Å². The predicted octanol–water partition coefficient (Wildman–Crippen LogP) is 5.12. The van der Waals surface area contributed by atoms with Crippen LogP contribution in [0.1, 0.15) is 35.0 Å². The summed E-state index contributed by atoms with van der Waals surface area (Å²) < 4.78 is 2.30. The molecule has 5 nitrogen and oxygen atoms in total. The monoisotopic (exact) mass is 422 g/mol. The predicted molar refractivity (Wildman–Crippen MR) is 131 cm³/mol. The lowest BCUT2D eigenvalue weighted by Gasteiger charge is -2.13. The van der Waals surface area contributed by atoms with E-state index in [2.05, 4.69) is 53.2 Å². The van der Waals surface area contributed by atoms with Gasteiger partial charge in [-0.2, -0.15) is 0 Å². The molecule has 0 saturated heterocycles. The van der Waals surface area contributed by atoms with Crippen LogP contribution in [0.15, 0.2) is 66.7 Å². The number of anilines is 2. The Morgan fingerprint density at radius 2 is 1.91 bits per heavy atom. The molecule has 1 aliphatic carbocycles. The van der Waals surface area contributed by atoms with Gasteiger partial charge in [-0.3, -0.25) is 4.79 Å². The van der Waals surface area contributed by atoms with Crippen molar-refractivity contribution in [3.63, 3.8) is 0 Å². The van der Waals surface area contributed by atoms with E-state index in [0.717, 1.165) is 46.8 Å². The molecule has 1 heterocycles. The second-order valence-electron chi connectivity index (χ2n) is 8.51. The molecule has 1 aromatic heterocycles. The smallest absolute Gasteiger partial charge is 0.221 e. The molecule has 4 aromatic rings. The molecule has 5 rings (SSSR count). The summed E-state index contributed by atoms with van der Waals surface area (Å²) in [5.41, 5.74) is 15.8. The normalized spacial score (nSPS) is 12.6. The van der Waals surface area contributed by atoms with Gasteiger partial charge in [-0.1, -0.05) is 42.0 Å². The Morgan fingerprint density at radius 1 is 1.09 bits per heavy atom. The SMILES string of the molecule is CC(=O)Nc1ccc2c(c1)nc(Cc1ccc(N)cc1)n2CC1=CCc2ccc(C)cc21. The molecule has 1 amide bonds. The van der Waals surface area contributed by atoms with Gasteiger partial charge < -0.3 is 15.6 Å². The second-order valence-corrected chi connectivity index (χ2v) is 8.51. The minimum absolute atomic E-state index is 0.0889. The molecule has 3 aromatic carbocycles. The number of amides is 1. The van der Waals surface area contributed by atoms with Gasteiger partial charge in [0.25, 0.3) is 0 Å². The van der Waals surface area contributed by atoms with Crippen molar-refractivity contribution in [2.75, 3.05) is 11.1 Å². The Kier molecular flexibility index (Phi) is 5.02. The first kappa shape index (κ1) is 20.1. The molecule has 1 aliphatic rings. The molecule has 5 heteroatoms. The van der Waals surface area contributed by atoms with Gasteiger partial charge in [-0.25, -0.2) is 4.98 Å². The van der Waals surface area contributed by atoms with Crippen LogP contribution in [0.2, 0.25) is 0 Å². The molecule has 0 radical (unpaired) electrons. The Hall–Kier alpha value is -3.86. The summed E-state index contributed by atoms with van der Waals surface area (Å²) in [6.45, 7) is 4.41. The molecule has 0 spiro atoms. The van der Waals surface area contributed by atoms with Crippen LogP contribution < -0.4 is 11.1 Å². The zero-order valence-electron chi connectivity index (χ0n) is 18.4. The van der Waals surface area contributed by atoms with Gasteiger partial charge in [0, 0.05) is 31.3 Å². The van der Waals surface area contributed by atoms with Crippen molar-refractivity contribution >= 4 is 33.9 Å². The molecule has 3 N–H and O–H groups in total. The highest BCUT2D eigenvalue weighted by molar-refractivity contribution is 5.91. The summed E-state index contributed by atoms with van der Waals surface area (Å²) in [6.07, 6.45) is 4.00. The summed E-state index contributed by atoms with van der Waals surface area (Å²) in [5, 5.41) is 2.86. The van der Waals surface area contributed by atoms with Gasteiger partial charge in [-0.15, -0.1) is 0 Å². The number of hydrogen-bond donors (Lipinski definition) is 2. The van der Waals surface area contributed by atoms with E-state index in [1.807, 2.05) is 30.3 Å². The Bertz CT molecular complexity index is 1360. The molecule has 0 unspecified atom stereocenters. The first-order valence-corrected chi connectivity index (χ1v) is 10.9. The lowest BCUT2D eigenvalue weighted by Crippen LogP contribution is -2.07. The minimum Gasteiger partial charge on any atom is -0.399 e. The average molecular weight is 423 g/mol. The summed E-state index contributed by atoms with van der Waals surface area (Å²) in [4.78, 5) is 16.5. The third-order valence-corrected chi connectivity index (χ3v) is 6.00. The standard InChI is InChI=1S/C27H26N4O/c1-17-3-6-20-7-8-21(24(20)13-17)16-31-26-12-11-23(29-18(2)32)15-25(26)30-27(31)14-19-4-9-22(28)10-5-19/h3-6,8-13,15H,7,14,16,28H2,1-2H3,(H,29,32). The van der Waals surface area contributed by atoms with Gasteiger partial charge in [-0.05, 0) is 65.9 Å². The molecule has 0 atom stereocenters. The number of aryl methyl sites for hydroxylation is 1. The number of aromatic nitrogens is 2. The fourth-order valence-corrected chi connectivity index (χ4v) is 4.42. The summed E-state index contributed by atoms with van der Waals surface area (Å²) >= 11 is 0. The Morgan fingerprint density at radius 3 is 2.69 bits per heavy atom.